The summed E-state index contributed by atoms with van der Waals surface area (Å²) in [5, 5.41) is 35.8. The number of aromatic nitrogens is 1. The van der Waals surface area contributed by atoms with Crippen molar-refractivity contribution in [2.45, 2.75) is 16.9 Å². The van der Waals surface area contributed by atoms with Crippen LogP contribution in [0.5, 0.6) is 5.75 Å². The Labute approximate surface area is 166 Å². The minimum Gasteiger partial charge on any atom is -0.508 e. The zero-order valence-corrected chi connectivity index (χ0v) is 16.5. The topological polar surface area (TPSA) is 118 Å². The number of phenols is 1. The molecule has 0 spiro atoms. The highest BCUT2D eigenvalue weighted by Crippen LogP contribution is 2.24. The van der Waals surface area contributed by atoms with Gasteiger partial charge in [0, 0.05) is 25.4 Å². The Bertz CT molecular complexity index is 862. The first-order chi connectivity index (χ1) is 12.8. The minimum atomic E-state index is -1.34. The van der Waals surface area contributed by atoms with Crippen LogP contribution >= 0.6 is 15.9 Å². The van der Waals surface area contributed by atoms with Crippen molar-refractivity contribution in [3.8, 4) is 11.8 Å². The highest BCUT2D eigenvalue weighted by atomic mass is 79.9. The van der Waals surface area contributed by atoms with Crippen molar-refractivity contribution in [2.75, 3.05) is 19.7 Å². The van der Waals surface area contributed by atoms with Crippen LogP contribution in [-0.4, -0.2) is 54.1 Å². The molecule has 10 heteroatoms. The van der Waals surface area contributed by atoms with Crippen molar-refractivity contribution < 1.29 is 23.9 Å². The van der Waals surface area contributed by atoms with Crippen molar-refractivity contribution >= 4 is 26.9 Å². The highest BCUT2D eigenvalue weighted by molar-refractivity contribution is 9.10. The third-order valence-electron chi connectivity index (χ3n) is 3.80. The van der Waals surface area contributed by atoms with Gasteiger partial charge < -0.3 is 15.3 Å². The van der Waals surface area contributed by atoms with E-state index in [9.17, 15) is 13.7 Å². The molecule has 1 fully saturated rings. The molecule has 1 saturated heterocycles. The molecule has 1 aromatic carbocycles. The summed E-state index contributed by atoms with van der Waals surface area (Å²) >= 11 is 3.21. The van der Waals surface area contributed by atoms with Crippen LogP contribution in [0.4, 0.5) is 4.39 Å². The van der Waals surface area contributed by atoms with E-state index in [1.165, 1.54) is 18.3 Å². The molecule has 1 aliphatic rings. The molecule has 0 radical (unpaired) electrons. The first kappa shape index (κ1) is 21.4. The molecule has 2 heterocycles. The van der Waals surface area contributed by atoms with Gasteiger partial charge in [0.25, 0.3) is 0 Å². The third-order valence-corrected chi connectivity index (χ3v) is 5.70. The molecule has 27 heavy (non-hydrogen) atoms. The average Bonchev–Trinajstić information content (AvgIpc) is 3.05. The van der Waals surface area contributed by atoms with E-state index in [2.05, 4.69) is 20.9 Å². The molecule has 1 aliphatic heterocycles. The quantitative estimate of drug-likeness (QED) is 0.603. The molecule has 1 aromatic heterocycles. The number of aliphatic hydroxyl groups excluding tert-OH is 1. The molecule has 144 valence electrons. The highest BCUT2D eigenvalue weighted by Gasteiger charge is 2.38. The van der Waals surface area contributed by atoms with Crippen LogP contribution in [0.15, 0.2) is 46.0 Å². The van der Waals surface area contributed by atoms with Gasteiger partial charge in [-0.15, -0.1) is 0 Å². The molecule has 7 nitrogen and oxygen atoms in total. The number of halogens is 2. The van der Waals surface area contributed by atoms with Gasteiger partial charge in [-0.25, -0.2) is 17.9 Å². The number of pyridine rings is 1. The zero-order chi connectivity index (χ0) is 20.0. The second kappa shape index (κ2) is 9.34. The van der Waals surface area contributed by atoms with Crippen molar-refractivity contribution in [3.63, 3.8) is 0 Å². The SMILES string of the molecule is N#Cc1ccc(O)cc1F.O=S(c1ccc(Br)nc1)N1CCC(O)(CO)C1. The lowest BCUT2D eigenvalue weighted by Crippen LogP contribution is -2.37. The normalized spacial score (nSPS) is 20.4. The zero-order valence-electron chi connectivity index (χ0n) is 14.0. The van der Waals surface area contributed by atoms with E-state index in [-0.39, 0.29) is 24.5 Å². The predicted molar refractivity (Wildman–Crippen MR) is 99.4 cm³/mol. The van der Waals surface area contributed by atoms with E-state index >= 15 is 0 Å². The fourth-order valence-corrected chi connectivity index (χ4v) is 3.77. The number of aliphatic hydroxyl groups is 2. The molecule has 3 rings (SSSR count). The van der Waals surface area contributed by atoms with E-state index < -0.39 is 22.4 Å². The number of aromatic hydroxyl groups is 1. The summed E-state index contributed by atoms with van der Waals surface area (Å²) in [5.74, 6) is -0.862. The molecule has 2 unspecified atom stereocenters. The average molecular weight is 458 g/mol. The van der Waals surface area contributed by atoms with E-state index in [4.69, 9.17) is 15.5 Å². The van der Waals surface area contributed by atoms with Crippen molar-refractivity contribution in [1.29, 1.82) is 5.26 Å². The Balaban J connectivity index is 0.000000223. The largest absolute Gasteiger partial charge is 0.508 e. The van der Waals surface area contributed by atoms with E-state index in [0.717, 1.165) is 6.07 Å². The summed E-state index contributed by atoms with van der Waals surface area (Å²) in [7, 11) is -1.34. The second-order valence-electron chi connectivity index (χ2n) is 5.84. The maximum absolute atomic E-state index is 12.5. The molecular formula is C17H17BrFN3O4S. The Hall–Kier alpha value is -1.90. The van der Waals surface area contributed by atoms with Gasteiger partial charge in [0.15, 0.2) is 0 Å². The number of hydrogen-bond acceptors (Lipinski definition) is 6. The van der Waals surface area contributed by atoms with Crippen LogP contribution in [0.1, 0.15) is 12.0 Å². The lowest BCUT2D eigenvalue weighted by molar-refractivity contribution is -0.000503. The van der Waals surface area contributed by atoms with Gasteiger partial charge in [-0.1, -0.05) is 0 Å². The first-order valence-electron chi connectivity index (χ1n) is 7.78. The number of nitriles is 1. The van der Waals surface area contributed by atoms with Gasteiger partial charge in [0.2, 0.25) is 0 Å². The summed E-state index contributed by atoms with van der Waals surface area (Å²) in [6, 6.07) is 8.48. The molecular weight excluding hydrogens is 441 g/mol. The Kier molecular flexibility index (Phi) is 7.41. The Morgan fingerprint density at radius 1 is 1.41 bits per heavy atom. The lowest BCUT2D eigenvalue weighted by atomic mass is 10.1. The van der Waals surface area contributed by atoms with Gasteiger partial charge in [-0.2, -0.15) is 5.26 Å². The van der Waals surface area contributed by atoms with Crippen molar-refractivity contribution in [1.82, 2.24) is 9.29 Å². The number of benzene rings is 1. The van der Waals surface area contributed by atoms with Crippen LogP contribution in [0.25, 0.3) is 0 Å². The number of nitrogens with zero attached hydrogens (tertiary/aromatic N) is 3. The molecule has 3 N–H and O–H groups in total. The summed E-state index contributed by atoms with van der Waals surface area (Å²) in [6.45, 7) is 0.408. The third kappa shape index (κ3) is 5.79. The van der Waals surface area contributed by atoms with Crippen LogP contribution in [0, 0.1) is 17.1 Å². The van der Waals surface area contributed by atoms with Crippen LogP contribution < -0.4 is 0 Å². The molecule has 2 atom stereocenters. The smallest absolute Gasteiger partial charge is 0.144 e. The van der Waals surface area contributed by atoms with E-state index in [1.807, 2.05) is 0 Å². The van der Waals surface area contributed by atoms with Crippen LogP contribution in [-0.2, 0) is 11.0 Å². The summed E-state index contributed by atoms with van der Waals surface area (Å²) in [5.41, 5.74) is -1.18. The van der Waals surface area contributed by atoms with E-state index in [0.29, 0.717) is 22.5 Å². The number of hydrogen-bond donors (Lipinski definition) is 3. The molecule has 0 aliphatic carbocycles. The first-order valence-corrected chi connectivity index (χ1v) is 9.68. The van der Waals surface area contributed by atoms with Crippen LogP contribution in [0.3, 0.4) is 0 Å². The molecule has 0 saturated carbocycles. The van der Waals surface area contributed by atoms with Crippen LogP contribution in [0.2, 0.25) is 0 Å². The number of phenolic OH excluding ortho intramolecular Hbond substituents is 1. The Morgan fingerprint density at radius 2 is 2.15 bits per heavy atom. The summed E-state index contributed by atoms with van der Waals surface area (Å²) in [6.07, 6.45) is 1.97. The maximum atomic E-state index is 12.5. The standard InChI is InChI=1S/C10H13BrN2O3S.C7H4FNO/c11-9-2-1-8(5-12-9)17(16)13-4-3-10(15,6-13)7-14;8-7-3-6(10)2-1-5(7)4-9/h1-2,5,14-15H,3-4,6-7H2;1-3,10H. The molecule has 0 bridgehead atoms. The maximum Gasteiger partial charge on any atom is 0.144 e. The van der Waals surface area contributed by atoms with Crippen molar-refractivity contribution in [2.24, 2.45) is 0 Å². The van der Waals surface area contributed by atoms with Gasteiger partial charge in [-0.05, 0) is 46.6 Å². The van der Waals surface area contributed by atoms with Gasteiger partial charge in [-0.3, -0.25) is 0 Å². The fourth-order valence-electron chi connectivity index (χ4n) is 2.30. The summed E-state index contributed by atoms with van der Waals surface area (Å²) in [4.78, 5) is 4.61. The molecule has 0 amide bonds. The lowest BCUT2D eigenvalue weighted by Gasteiger charge is -2.20. The second-order valence-corrected chi connectivity index (χ2v) is 8.14. The van der Waals surface area contributed by atoms with E-state index in [1.54, 1.807) is 22.5 Å². The van der Waals surface area contributed by atoms with Gasteiger partial charge >= 0.3 is 0 Å². The fraction of sp³-hybridized carbons (Fsp3) is 0.294. The van der Waals surface area contributed by atoms with Crippen molar-refractivity contribution in [3.05, 3.63) is 52.5 Å². The van der Waals surface area contributed by atoms with Gasteiger partial charge in [0.05, 0.1) is 17.1 Å². The number of β-amino-alcohol motifs (C(OH)–C–C–N with tert-alkyl or cyclic N) is 1. The Morgan fingerprint density at radius 3 is 2.67 bits per heavy atom. The number of rotatable bonds is 3. The monoisotopic (exact) mass is 457 g/mol. The molecule has 2 aromatic rings. The minimum absolute atomic E-state index is 0.0576. The predicted octanol–water partition coefficient (Wildman–Crippen LogP) is 1.70. The summed E-state index contributed by atoms with van der Waals surface area (Å²) < 4.78 is 26.9. The van der Waals surface area contributed by atoms with Gasteiger partial charge in [0.1, 0.15) is 38.8 Å².